The molecule has 1 aromatic carbocycles. The molecule has 198 valence electrons. The summed E-state index contributed by atoms with van der Waals surface area (Å²) in [6, 6.07) is 1.54. The summed E-state index contributed by atoms with van der Waals surface area (Å²) in [5.74, 6) is -4.35. The van der Waals surface area contributed by atoms with E-state index in [2.05, 4.69) is 21.3 Å². The number of aromatic hydroxyl groups is 1. The van der Waals surface area contributed by atoms with E-state index >= 15 is 0 Å². The smallest absolute Gasteiger partial charge is 0.326 e. The number of hydrogen-bond donors (Lipinski definition) is 7. The maximum Gasteiger partial charge on any atom is 0.326 e. The zero-order chi connectivity index (χ0) is 26.7. The maximum atomic E-state index is 13.2. The number of nitrogens with one attached hydrogen (secondary N) is 4. The number of benzene rings is 1. The first-order chi connectivity index (χ1) is 17.1. The van der Waals surface area contributed by atoms with Gasteiger partial charge in [0, 0.05) is 6.42 Å². The fourth-order valence-corrected chi connectivity index (χ4v) is 4.15. The van der Waals surface area contributed by atoms with E-state index < -0.39 is 60.2 Å². The van der Waals surface area contributed by atoms with Crippen molar-refractivity contribution in [3.8, 4) is 5.75 Å². The molecule has 0 spiro atoms. The molecule has 0 bridgehead atoms. The second-order valence-electron chi connectivity index (χ2n) is 8.42. The van der Waals surface area contributed by atoms with Gasteiger partial charge in [-0.3, -0.25) is 19.2 Å². The van der Waals surface area contributed by atoms with Crippen molar-refractivity contribution in [1.29, 1.82) is 0 Å². The number of amides is 3. The van der Waals surface area contributed by atoms with Crippen LogP contribution in [-0.4, -0.2) is 87.7 Å². The van der Waals surface area contributed by atoms with Gasteiger partial charge in [-0.2, -0.15) is 11.8 Å². The van der Waals surface area contributed by atoms with Gasteiger partial charge in [0.15, 0.2) is 0 Å². The van der Waals surface area contributed by atoms with Crippen LogP contribution in [0.25, 0.3) is 0 Å². The minimum atomic E-state index is -1.56. The van der Waals surface area contributed by atoms with Gasteiger partial charge in [-0.05, 0) is 55.5 Å². The lowest BCUT2D eigenvalue weighted by molar-refractivity contribution is -0.143. The monoisotopic (exact) mass is 524 g/mol. The number of rotatable bonds is 14. The standard InChI is InChI=1S/C23H32N4O8S/c1-36-10-8-16(23(34)35)25-22(33)18(12-19(29)30)27-21(32)17(11-13-4-6-14(28)7-5-13)26-20(31)15-3-2-9-24-15/h4-7,15-18,24,28H,2-3,8-12H2,1H3,(H,25,33)(H,26,31)(H,27,32)(H,29,30)(H,34,35). The quantitative estimate of drug-likeness (QED) is 0.166. The normalized spacial score (nSPS) is 17.4. The molecule has 13 heteroatoms. The molecule has 0 radical (unpaired) electrons. The van der Waals surface area contributed by atoms with Gasteiger partial charge in [0.1, 0.15) is 23.9 Å². The molecule has 4 atom stereocenters. The van der Waals surface area contributed by atoms with Crippen molar-refractivity contribution in [1.82, 2.24) is 21.3 Å². The van der Waals surface area contributed by atoms with Gasteiger partial charge < -0.3 is 36.6 Å². The summed E-state index contributed by atoms with van der Waals surface area (Å²) < 4.78 is 0. The molecule has 12 nitrogen and oxygen atoms in total. The third-order valence-electron chi connectivity index (χ3n) is 5.62. The highest BCUT2D eigenvalue weighted by Gasteiger charge is 2.32. The first-order valence-corrected chi connectivity index (χ1v) is 12.9. The summed E-state index contributed by atoms with van der Waals surface area (Å²) >= 11 is 1.39. The minimum Gasteiger partial charge on any atom is -0.508 e. The van der Waals surface area contributed by atoms with Crippen LogP contribution in [0.5, 0.6) is 5.75 Å². The Morgan fingerprint density at radius 3 is 2.19 bits per heavy atom. The van der Waals surface area contributed by atoms with Crippen molar-refractivity contribution in [2.45, 2.75) is 56.3 Å². The van der Waals surface area contributed by atoms with Crippen LogP contribution in [0.3, 0.4) is 0 Å². The Hall–Kier alpha value is -3.32. The highest BCUT2D eigenvalue weighted by Crippen LogP contribution is 2.13. The summed E-state index contributed by atoms with van der Waals surface area (Å²) in [4.78, 5) is 61.5. The van der Waals surface area contributed by atoms with E-state index in [9.17, 15) is 39.3 Å². The molecule has 2 rings (SSSR count). The van der Waals surface area contributed by atoms with Crippen molar-refractivity contribution < 1.29 is 39.3 Å². The van der Waals surface area contributed by atoms with E-state index in [1.165, 1.54) is 23.9 Å². The number of hydrogen-bond acceptors (Lipinski definition) is 8. The maximum absolute atomic E-state index is 13.2. The molecule has 7 N–H and O–H groups in total. The van der Waals surface area contributed by atoms with Gasteiger partial charge in [-0.25, -0.2) is 4.79 Å². The molecule has 0 aliphatic carbocycles. The SMILES string of the molecule is CSCCC(NC(=O)C(CC(=O)O)NC(=O)C(Cc1ccc(O)cc1)NC(=O)C1CCCN1)C(=O)O. The Kier molecular flexibility index (Phi) is 11.5. The van der Waals surface area contributed by atoms with Crippen LogP contribution in [0.15, 0.2) is 24.3 Å². The molecule has 1 saturated heterocycles. The molecule has 1 aliphatic rings. The van der Waals surface area contributed by atoms with Gasteiger partial charge in [-0.1, -0.05) is 12.1 Å². The molecule has 0 saturated carbocycles. The number of aliphatic carboxylic acids is 2. The summed E-state index contributed by atoms with van der Waals surface area (Å²) in [6.45, 7) is 0.662. The van der Waals surface area contributed by atoms with Crippen LogP contribution in [0.4, 0.5) is 0 Å². The zero-order valence-corrected chi connectivity index (χ0v) is 20.7. The summed E-state index contributed by atoms with van der Waals surface area (Å²) in [6.07, 6.45) is 2.51. The molecular formula is C23H32N4O8S. The number of phenols is 1. The van der Waals surface area contributed by atoms with E-state index in [1.54, 1.807) is 18.4 Å². The fraction of sp³-hybridized carbons (Fsp3) is 0.522. The van der Waals surface area contributed by atoms with Gasteiger partial charge in [-0.15, -0.1) is 0 Å². The third-order valence-corrected chi connectivity index (χ3v) is 6.27. The lowest BCUT2D eigenvalue weighted by Crippen LogP contribution is -2.58. The fourth-order valence-electron chi connectivity index (χ4n) is 3.68. The summed E-state index contributed by atoms with van der Waals surface area (Å²) in [7, 11) is 0. The van der Waals surface area contributed by atoms with E-state index in [4.69, 9.17) is 0 Å². The van der Waals surface area contributed by atoms with Crippen molar-refractivity contribution in [3.05, 3.63) is 29.8 Å². The number of carbonyl (C=O) groups excluding carboxylic acids is 3. The van der Waals surface area contributed by atoms with Crippen molar-refractivity contribution >= 4 is 41.4 Å². The highest BCUT2D eigenvalue weighted by atomic mass is 32.2. The molecule has 1 aromatic rings. The number of thioether (sulfide) groups is 1. The van der Waals surface area contributed by atoms with Crippen molar-refractivity contribution in [2.75, 3.05) is 18.6 Å². The van der Waals surface area contributed by atoms with Gasteiger partial charge in [0.25, 0.3) is 0 Å². The first kappa shape index (κ1) is 28.9. The molecule has 1 fully saturated rings. The second kappa shape index (κ2) is 14.3. The van der Waals surface area contributed by atoms with E-state index in [0.29, 0.717) is 24.3 Å². The Balaban J connectivity index is 2.19. The van der Waals surface area contributed by atoms with Crippen LogP contribution in [0, 0.1) is 0 Å². The number of carbonyl (C=O) groups is 5. The Bertz CT molecular complexity index is 937. The summed E-state index contributed by atoms with van der Waals surface area (Å²) in [5, 5.41) is 38.5. The Morgan fingerprint density at radius 2 is 1.64 bits per heavy atom. The highest BCUT2D eigenvalue weighted by molar-refractivity contribution is 7.98. The molecule has 4 unspecified atom stereocenters. The van der Waals surface area contributed by atoms with E-state index in [1.807, 2.05) is 0 Å². The van der Waals surface area contributed by atoms with E-state index in [0.717, 1.165) is 6.42 Å². The number of phenolic OH excluding ortho intramolecular Hbond substituents is 1. The number of carboxylic acids is 2. The average molecular weight is 525 g/mol. The molecule has 36 heavy (non-hydrogen) atoms. The molecule has 1 aliphatic heterocycles. The largest absolute Gasteiger partial charge is 0.508 e. The van der Waals surface area contributed by atoms with Gasteiger partial charge in [0.05, 0.1) is 12.5 Å². The minimum absolute atomic E-state index is 0.0114. The summed E-state index contributed by atoms with van der Waals surface area (Å²) in [5.41, 5.74) is 0.606. The van der Waals surface area contributed by atoms with Crippen LogP contribution in [0.1, 0.15) is 31.2 Å². The first-order valence-electron chi connectivity index (χ1n) is 11.5. The van der Waals surface area contributed by atoms with Gasteiger partial charge >= 0.3 is 11.9 Å². The van der Waals surface area contributed by atoms with Crippen LogP contribution < -0.4 is 21.3 Å². The second-order valence-corrected chi connectivity index (χ2v) is 9.41. The number of carboxylic acid groups (broad SMARTS) is 2. The molecule has 1 heterocycles. The van der Waals surface area contributed by atoms with Crippen molar-refractivity contribution in [3.63, 3.8) is 0 Å². The predicted molar refractivity (Wildman–Crippen MR) is 132 cm³/mol. The third kappa shape index (κ3) is 9.38. The lowest BCUT2D eigenvalue weighted by Gasteiger charge is -2.24. The lowest BCUT2D eigenvalue weighted by atomic mass is 10.0. The molecule has 0 aromatic heterocycles. The topological polar surface area (TPSA) is 194 Å². The van der Waals surface area contributed by atoms with Crippen LogP contribution >= 0.6 is 11.8 Å². The Labute approximate surface area is 212 Å². The molecular weight excluding hydrogens is 492 g/mol. The van der Waals surface area contributed by atoms with Crippen LogP contribution in [-0.2, 0) is 30.4 Å². The Morgan fingerprint density at radius 1 is 1.00 bits per heavy atom. The van der Waals surface area contributed by atoms with Gasteiger partial charge in [0.2, 0.25) is 17.7 Å². The zero-order valence-electron chi connectivity index (χ0n) is 19.9. The average Bonchev–Trinajstić information content (AvgIpc) is 3.36. The van der Waals surface area contributed by atoms with E-state index in [-0.39, 0.29) is 18.6 Å². The predicted octanol–water partition coefficient (Wildman–Crippen LogP) is -0.546. The van der Waals surface area contributed by atoms with Crippen LogP contribution in [0.2, 0.25) is 0 Å². The van der Waals surface area contributed by atoms with Crippen molar-refractivity contribution in [2.24, 2.45) is 0 Å². The molecule has 3 amide bonds.